The molecule has 13 nitrogen and oxygen atoms in total. The van der Waals surface area contributed by atoms with Crippen LogP contribution in [0.3, 0.4) is 0 Å². The van der Waals surface area contributed by atoms with E-state index in [1.54, 1.807) is 4.90 Å². The molecule has 2 aromatic heterocycles. The largest absolute Gasteiger partial charge is 0.463 e. The van der Waals surface area contributed by atoms with E-state index in [9.17, 15) is 4.79 Å². The molecule has 3 fully saturated rings. The molecule has 2 atom stereocenters. The predicted molar refractivity (Wildman–Crippen MR) is 216 cm³/mol. The van der Waals surface area contributed by atoms with E-state index in [2.05, 4.69) is 53.4 Å². The second kappa shape index (κ2) is 16.5. The van der Waals surface area contributed by atoms with Crippen LogP contribution in [0.1, 0.15) is 35.2 Å². The maximum atomic E-state index is 13.0. The number of morpholine rings is 1. The highest BCUT2D eigenvalue weighted by atomic mass is 28.3. The van der Waals surface area contributed by atoms with Gasteiger partial charge in [0.15, 0.2) is 0 Å². The van der Waals surface area contributed by atoms with Crippen LogP contribution in [-0.4, -0.2) is 121 Å². The monoisotopic (exact) mass is 768 g/mol. The molecular weight excluding hydrogens is 713 g/mol. The number of anilines is 2. The number of aromatic nitrogens is 4. The number of rotatable bonds is 14. The number of amides is 1. The minimum atomic E-state index is -1.17. The van der Waals surface area contributed by atoms with Gasteiger partial charge in [0.2, 0.25) is 0 Å². The highest BCUT2D eigenvalue weighted by Crippen LogP contribution is 2.36. The Balaban J connectivity index is 0.977. The summed E-state index contributed by atoms with van der Waals surface area (Å²) < 4.78 is 25.9. The molecule has 2 bridgehead atoms. The summed E-state index contributed by atoms with van der Waals surface area (Å²) in [5.41, 5.74) is 6.59. The lowest BCUT2D eigenvalue weighted by molar-refractivity contribution is 0.0287. The summed E-state index contributed by atoms with van der Waals surface area (Å²) in [6, 6.07) is 16.2. The number of likely N-dealkylation sites (tertiary alicyclic amines) is 1. The van der Waals surface area contributed by atoms with Gasteiger partial charge < -0.3 is 33.6 Å². The molecule has 4 aliphatic heterocycles. The third-order valence-electron chi connectivity index (χ3n) is 11.4. The summed E-state index contributed by atoms with van der Waals surface area (Å²) in [7, 11) is -1.17. The third-order valence-corrected chi connectivity index (χ3v) is 13.1. The fourth-order valence-corrected chi connectivity index (χ4v) is 9.06. The first-order valence-electron chi connectivity index (χ1n) is 20.1. The van der Waals surface area contributed by atoms with E-state index in [1.165, 1.54) is 11.3 Å². The van der Waals surface area contributed by atoms with E-state index in [4.69, 9.17) is 34.0 Å². The van der Waals surface area contributed by atoms with Crippen molar-refractivity contribution >= 4 is 36.6 Å². The van der Waals surface area contributed by atoms with Crippen LogP contribution in [0.15, 0.2) is 48.7 Å². The van der Waals surface area contributed by atoms with Gasteiger partial charge in [-0.25, -0.2) is 9.48 Å². The van der Waals surface area contributed by atoms with Gasteiger partial charge in [-0.1, -0.05) is 56.0 Å². The number of carbonyl (C=O) groups is 1. The molecule has 4 aromatic rings. The summed E-state index contributed by atoms with van der Waals surface area (Å²) in [6.07, 6.45) is 4.94. The van der Waals surface area contributed by atoms with Crippen molar-refractivity contribution in [2.24, 2.45) is 0 Å². The van der Waals surface area contributed by atoms with Crippen LogP contribution in [0.25, 0.3) is 10.9 Å². The van der Waals surface area contributed by atoms with Crippen molar-refractivity contribution in [3.8, 4) is 6.01 Å². The van der Waals surface area contributed by atoms with Crippen molar-refractivity contribution in [3.63, 3.8) is 0 Å². The maximum absolute atomic E-state index is 13.0. The van der Waals surface area contributed by atoms with Crippen LogP contribution in [0, 0.1) is 6.92 Å². The molecule has 0 aliphatic carbocycles. The Morgan fingerprint density at radius 3 is 2.58 bits per heavy atom. The van der Waals surface area contributed by atoms with Gasteiger partial charge in [0.25, 0.3) is 0 Å². The SMILES string of the molecule is Cc1ccc2c(cnn2COCC[Si](C)(C)C)c1N1CCc2c(nc(OCCCN3C[C@@H]4C[C@H]3CO4)nc2N2CCN(C(=O)OCc3ccccc3)CC2)C1. The van der Waals surface area contributed by atoms with E-state index in [1.807, 2.05) is 41.2 Å². The van der Waals surface area contributed by atoms with Crippen molar-refractivity contribution in [3.05, 3.63) is 71.0 Å². The summed E-state index contributed by atoms with van der Waals surface area (Å²) in [5, 5.41) is 5.89. The van der Waals surface area contributed by atoms with Crippen LogP contribution in [0.5, 0.6) is 6.01 Å². The molecule has 0 radical (unpaired) electrons. The Morgan fingerprint density at radius 2 is 1.82 bits per heavy atom. The number of nitrogens with zero attached hydrogens (tertiary/aromatic N) is 8. The molecule has 0 spiro atoms. The van der Waals surface area contributed by atoms with Crippen LogP contribution in [-0.2, 0) is 40.5 Å². The Bertz CT molecular complexity index is 1950. The molecule has 0 saturated carbocycles. The number of ether oxygens (including phenoxy) is 4. The van der Waals surface area contributed by atoms with Gasteiger partial charge in [0.1, 0.15) is 19.2 Å². The number of piperazine rings is 1. The molecule has 3 saturated heterocycles. The zero-order valence-corrected chi connectivity index (χ0v) is 33.9. The second-order valence-electron chi connectivity index (χ2n) is 16.6. The number of aryl methyl sites for hydroxylation is 1. The summed E-state index contributed by atoms with van der Waals surface area (Å²) in [6.45, 7) is 18.1. The fourth-order valence-electron chi connectivity index (χ4n) is 8.30. The lowest BCUT2D eigenvalue weighted by atomic mass is 10.0. The van der Waals surface area contributed by atoms with E-state index in [0.29, 0.717) is 64.2 Å². The van der Waals surface area contributed by atoms with E-state index in [0.717, 1.165) is 91.7 Å². The normalized spacial score (nSPS) is 20.0. The molecule has 0 N–H and O–H groups in total. The molecule has 55 heavy (non-hydrogen) atoms. The molecule has 294 valence electrons. The minimum Gasteiger partial charge on any atom is -0.463 e. The first kappa shape index (κ1) is 37.7. The number of hydrogen-bond donors (Lipinski definition) is 0. The average Bonchev–Trinajstić information content (AvgIpc) is 3.93. The second-order valence-corrected chi connectivity index (χ2v) is 22.3. The lowest BCUT2D eigenvalue weighted by Gasteiger charge is -2.38. The first-order chi connectivity index (χ1) is 26.7. The Morgan fingerprint density at radius 1 is 0.982 bits per heavy atom. The van der Waals surface area contributed by atoms with Gasteiger partial charge >= 0.3 is 12.1 Å². The highest BCUT2D eigenvalue weighted by molar-refractivity contribution is 6.76. The van der Waals surface area contributed by atoms with Gasteiger partial charge in [-0.2, -0.15) is 15.1 Å². The Hall–Kier alpha value is -4.24. The summed E-state index contributed by atoms with van der Waals surface area (Å²) >= 11 is 0. The number of carbonyl (C=O) groups excluding carboxylic acids is 1. The van der Waals surface area contributed by atoms with E-state index in [-0.39, 0.29) is 12.7 Å². The molecular formula is C41H56N8O5Si. The fraction of sp³-hybridized carbons (Fsp3) is 0.561. The van der Waals surface area contributed by atoms with Crippen LogP contribution < -0.4 is 14.5 Å². The smallest absolute Gasteiger partial charge is 0.410 e. The molecule has 4 aliphatic rings. The van der Waals surface area contributed by atoms with E-state index < -0.39 is 8.07 Å². The predicted octanol–water partition coefficient (Wildman–Crippen LogP) is 5.71. The molecule has 14 heteroatoms. The van der Waals surface area contributed by atoms with Crippen LogP contribution in [0.2, 0.25) is 25.7 Å². The Labute approximate surface area is 325 Å². The standard InChI is InChI=1S/C41H56N8O5Si/c1-30-11-12-37-35(24-42-49(37)29-51-21-22-55(2,3)4)38(30)48-15-13-34-36(26-48)43-40(52-20-8-14-47-25-33-23-32(47)28-53-33)44-39(34)45-16-18-46(19-17-45)41(50)54-27-31-9-6-5-7-10-31/h5-7,9-12,24,32-33H,8,13-23,25-29H2,1-4H3/t32-,33-/m0/s1. The van der Waals surface area contributed by atoms with Gasteiger partial charge in [-0.3, -0.25) is 4.90 Å². The topological polar surface area (TPSA) is 111 Å². The highest BCUT2D eigenvalue weighted by Gasteiger charge is 2.38. The van der Waals surface area contributed by atoms with Crippen molar-refractivity contribution in [2.75, 3.05) is 75.4 Å². The van der Waals surface area contributed by atoms with Gasteiger partial charge in [0, 0.05) is 77.5 Å². The van der Waals surface area contributed by atoms with Crippen LogP contribution >= 0.6 is 0 Å². The average molecular weight is 769 g/mol. The number of benzene rings is 2. The molecule has 2 aromatic carbocycles. The van der Waals surface area contributed by atoms with Crippen molar-refractivity contribution in [2.45, 2.75) is 83.9 Å². The van der Waals surface area contributed by atoms with Gasteiger partial charge in [-0.15, -0.1) is 0 Å². The quantitative estimate of drug-likeness (QED) is 0.116. The first-order valence-corrected chi connectivity index (χ1v) is 23.8. The third kappa shape index (κ3) is 8.77. The van der Waals surface area contributed by atoms with Crippen molar-refractivity contribution in [1.82, 2.24) is 29.5 Å². The number of hydrogen-bond acceptors (Lipinski definition) is 11. The van der Waals surface area contributed by atoms with Crippen molar-refractivity contribution < 1.29 is 23.7 Å². The molecule has 1 amide bonds. The van der Waals surface area contributed by atoms with E-state index >= 15 is 0 Å². The van der Waals surface area contributed by atoms with Crippen molar-refractivity contribution in [1.29, 1.82) is 0 Å². The molecule has 6 heterocycles. The number of fused-ring (bicyclic) bond motifs is 4. The Kier molecular flexibility index (Phi) is 11.3. The molecule has 0 unspecified atom stereocenters. The zero-order chi connectivity index (χ0) is 37.9. The molecule has 8 rings (SSSR count). The zero-order valence-electron chi connectivity index (χ0n) is 32.9. The van der Waals surface area contributed by atoms with Gasteiger partial charge in [0.05, 0.1) is 49.0 Å². The maximum Gasteiger partial charge on any atom is 0.410 e. The summed E-state index contributed by atoms with van der Waals surface area (Å²) in [4.78, 5) is 32.2. The minimum absolute atomic E-state index is 0.268. The van der Waals surface area contributed by atoms with Gasteiger partial charge in [-0.05, 0) is 49.4 Å². The summed E-state index contributed by atoms with van der Waals surface area (Å²) in [5.74, 6) is 0.921. The van der Waals surface area contributed by atoms with Crippen LogP contribution in [0.4, 0.5) is 16.3 Å². The lowest BCUT2D eigenvalue weighted by Crippen LogP contribution is -2.49.